The van der Waals surface area contributed by atoms with Gasteiger partial charge in [0.25, 0.3) is 0 Å². The summed E-state index contributed by atoms with van der Waals surface area (Å²) < 4.78 is 0. The minimum atomic E-state index is 0.0227. The van der Waals surface area contributed by atoms with Crippen molar-refractivity contribution in [3.63, 3.8) is 0 Å². The number of aryl methyl sites for hydroxylation is 1. The first kappa shape index (κ1) is 11.6. The van der Waals surface area contributed by atoms with Crippen molar-refractivity contribution in [1.29, 1.82) is 0 Å². The summed E-state index contributed by atoms with van der Waals surface area (Å²) in [4.78, 5) is 7.65. The third-order valence-corrected chi connectivity index (χ3v) is 4.26. The second kappa shape index (κ2) is 4.21. The highest BCUT2D eigenvalue weighted by Crippen LogP contribution is 2.39. The average molecular weight is 222 g/mol. The van der Waals surface area contributed by atoms with Gasteiger partial charge in [-0.15, -0.1) is 0 Å². The second-order valence-electron chi connectivity index (χ2n) is 5.55. The highest BCUT2D eigenvalue weighted by molar-refractivity contribution is 5.19. The van der Waals surface area contributed by atoms with Crippen molar-refractivity contribution < 1.29 is 5.11 Å². The minimum Gasteiger partial charge on any atom is -0.388 e. The van der Waals surface area contributed by atoms with Gasteiger partial charge < -0.3 is 10.1 Å². The Morgan fingerprint density at radius 1 is 1.50 bits per heavy atom. The van der Waals surface area contributed by atoms with E-state index in [1.807, 2.05) is 0 Å². The van der Waals surface area contributed by atoms with Crippen LogP contribution in [0.4, 0.5) is 0 Å². The Bertz CT molecular complexity index is 368. The van der Waals surface area contributed by atoms with Gasteiger partial charge in [0.2, 0.25) is 0 Å². The number of aromatic nitrogens is 2. The molecule has 0 saturated carbocycles. The van der Waals surface area contributed by atoms with Crippen molar-refractivity contribution in [1.82, 2.24) is 9.97 Å². The first-order chi connectivity index (χ1) is 7.56. The molecule has 3 nitrogen and oxygen atoms in total. The SMILES string of the molecule is CCC(C)(C)C1CCc2nc(CO)[nH]c2C1. The molecule has 1 aromatic rings. The third-order valence-electron chi connectivity index (χ3n) is 4.26. The van der Waals surface area contributed by atoms with Gasteiger partial charge in [-0.3, -0.25) is 0 Å². The minimum absolute atomic E-state index is 0.0227. The van der Waals surface area contributed by atoms with Crippen LogP contribution in [0.25, 0.3) is 0 Å². The van der Waals surface area contributed by atoms with E-state index in [1.54, 1.807) is 0 Å². The molecule has 1 heterocycles. The van der Waals surface area contributed by atoms with Crippen LogP contribution in [0.3, 0.4) is 0 Å². The number of fused-ring (bicyclic) bond motifs is 1. The quantitative estimate of drug-likeness (QED) is 0.825. The zero-order valence-corrected chi connectivity index (χ0v) is 10.5. The van der Waals surface area contributed by atoms with E-state index < -0.39 is 0 Å². The van der Waals surface area contributed by atoms with E-state index in [9.17, 15) is 0 Å². The molecule has 0 fully saturated rings. The molecule has 0 aromatic carbocycles. The van der Waals surface area contributed by atoms with E-state index in [4.69, 9.17) is 5.11 Å². The van der Waals surface area contributed by atoms with Crippen LogP contribution in [-0.2, 0) is 19.4 Å². The third kappa shape index (κ3) is 2.01. The van der Waals surface area contributed by atoms with Crippen LogP contribution in [0.1, 0.15) is 50.8 Å². The van der Waals surface area contributed by atoms with Crippen molar-refractivity contribution in [2.24, 2.45) is 11.3 Å². The Balaban J connectivity index is 2.17. The highest BCUT2D eigenvalue weighted by atomic mass is 16.3. The van der Waals surface area contributed by atoms with Crippen molar-refractivity contribution in [3.05, 3.63) is 17.2 Å². The van der Waals surface area contributed by atoms with Crippen molar-refractivity contribution >= 4 is 0 Å². The van der Waals surface area contributed by atoms with Crippen LogP contribution in [0.15, 0.2) is 0 Å². The summed E-state index contributed by atoms with van der Waals surface area (Å²) in [5, 5.41) is 9.07. The van der Waals surface area contributed by atoms with E-state index >= 15 is 0 Å². The molecule has 1 aliphatic rings. The number of rotatable bonds is 3. The molecule has 90 valence electrons. The summed E-state index contributed by atoms with van der Waals surface area (Å²) >= 11 is 0. The lowest BCUT2D eigenvalue weighted by molar-refractivity contribution is 0.181. The number of imidazole rings is 1. The lowest BCUT2D eigenvalue weighted by Crippen LogP contribution is -2.29. The Morgan fingerprint density at radius 3 is 2.88 bits per heavy atom. The molecule has 0 radical (unpaired) electrons. The standard InChI is InChI=1S/C13H22N2O/c1-4-13(2,3)9-5-6-10-11(7-9)15-12(8-16)14-10/h9,16H,4-8H2,1-3H3,(H,14,15). The fourth-order valence-electron chi connectivity index (χ4n) is 2.57. The maximum Gasteiger partial charge on any atom is 0.132 e. The molecular weight excluding hydrogens is 200 g/mol. The summed E-state index contributed by atoms with van der Waals surface area (Å²) in [6.07, 6.45) is 4.58. The van der Waals surface area contributed by atoms with Gasteiger partial charge in [-0.25, -0.2) is 4.98 Å². The Kier molecular flexibility index (Phi) is 3.06. The van der Waals surface area contributed by atoms with E-state index in [1.165, 1.54) is 24.2 Å². The highest BCUT2D eigenvalue weighted by Gasteiger charge is 2.32. The van der Waals surface area contributed by atoms with Gasteiger partial charge in [0.05, 0.1) is 5.69 Å². The summed E-state index contributed by atoms with van der Waals surface area (Å²) in [5.74, 6) is 1.46. The second-order valence-corrected chi connectivity index (χ2v) is 5.55. The molecule has 2 N–H and O–H groups in total. The van der Waals surface area contributed by atoms with Gasteiger partial charge in [0, 0.05) is 5.69 Å². The number of H-pyrrole nitrogens is 1. The van der Waals surface area contributed by atoms with Gasteiger partial charge in [-0.1, -0.05) is 27.2 Å². The first-order valence-electron chi connectivity index (χ1n) is 6.24. The van der Waals surface area contributed by atoms with Crippen molar-refractivity contribution in [2.75, 3.05) is 0 Å². The zero-order valence-electron chi connectivity index (χ0n) is 10.5. The lowest BCUT2D eigenvalue weighted by Gasteiger charge is -2.35. The number of nitrogens with one attached hydrogen (secondary N) is 1. The van der Waals surface area contributed by atoms with E-state index in [0.29, 0.717) is 5.41 Å². The molecule has 2 rings (SSSR count). The van der Waals surface area contributed by atoms with E-state index in [0.717, 1.165) is 24.6 Å². The number of hydrogen-bond acceptors (Lipinski definition) is 2. The lowest BCUT2D eigenvalue weighted by atomic mass is 9.70. The predicted molar refractivity (Wildman–Crippen MR) is 64.1 cm³/mol. The molecule has 16 heavy (non-hydrogen) atoms. The average Bonchev–Trinajstić information content (AvgIpc) is 2.70. The Labute approximate surface area is 97.3 Å². The smallest absolute Gasteiger partial charge is 0.132 e. The number of aliphatic hydroxyl groups excluding tert-OH is 1. The topological polar surface area (TPSA) is 48.9 Å². The van der Waals surface area contributed by atoms with Crippen molar-refractivity contribution in [3.8, 4) is 0 Å². The van der Waals surface area contributed by atoms with Crippen LogP contribution in [-0.4, -0.2) is 15.1 Å². The van der Waals surface area contributed by atoms with Crippen LogP contribution in [0, 0.1) is 11.3 Å². The summed E-state index contributed by atoms with van der Waals surface area (Å²) in [6.45, 7) is 6.99. The van der Waals surface area contributed by atoms with Gasteiger partial charge >= 0.3 is 0 Å². The number of nitrogens with zero attached hydrogens (tertiary/aromatic N) is 1. The maximum absolute atomic E-state index is 9.07. The molecule has 0 bridgehead atoms. The monoisotopic (exact) mass is 222 g/mol. The maximum atomic E-state index is 9.07. The molecule has 3 heteroatoms. The molecule has 0 aliphatic heterocycles. The van der Waals surface area contributed by atoms with Gasteiger partial charge in [-0.05, 0) is 30.6 Å². The summed E-state index contributed by atoms with van der Waals surface area (Å²) in [7, 11) is 0. The van der Waals surface area contributed by atoms with E-state index in [-0.39, 0.29) is 6.61 Å². The molecule has 1 aromatic heterocycles. The molecule has 0 amide bonds. The predicted octanol–water partition coefficient (Wildman–Crippen LogP) is 2.44. The van der Waals surface area contributed by atoms with Crippen LogP contribution in [0.5, 0.6) is 0 Å². The zero-order chi connectivity index (χ0) is 11.8. The normalized spacial score (nSPS) is 20.9. The molecular formula is C13H22N2O. The van der Waals surface area contributed by atoms with E-state index in [2.05, 4.69) is 30.7 Å². The Hall–Kier alpha value is -0.830. The molecule has 1 atom stereocenters. The molecule has 0 spiro atoms. The number of hydrogen-bond donors (Lipinski definition) is 2. The number of aliphatic hydroxyl groups is 1. The molecule has 1 unspecified atom stereocenters. The van der Waals surface area contributed by atoms with Gasteiger partial charge in [0.15, 0.2) is 0 Å². The first-order valence-corrected chi connectivity index (χ1v) is 6.24. The van der Waals surface area contributed by atoms with Crippen molar-refractivity contribution in [2.45, 2.75) is 53.1 Å². The summed E-state index contributed by atoms with van der Waals surface area (Å²) in [5.41, 5.74) is 2.83. The Morgan fingerprint density at radius 2 is 2.25 bits per heavy atom. The van der Waals surface area contributed by atoms with Gasteiger partial charge in [-0.2, -0.15) is 0 Å². The van der Waals surface area contributed by atoms with Crippen LogP contribution >= 0.6 is 0 Å². The fraction of sp³-hybridized carbons (Fsp3) is 0.769. The van der Waals surface area contributed by atoms with Crippen LogP contribution < -0.4 is 0 Å². The molecule has 0 saturated heterocycles. The van der Waals surface area contributed by atoms with Gasteiger partial charge in [0.1, 0.15) is 12.4 Å². The number of aromatic amines is 1. The fourth-order valence-corrected chi connectivity index (χ4v) is 2.57. The summed E-state index contributed by atoms with van der Waals surface area (Å²) in [6, 6.07) is 0. The van der Waals surface area contributed by atoms with Crippen LogP contribution in [0.2, 0.25) is 0 Å². The molecule has 1 aliphatic carbocycles. The largest absolute Gasteiger partial charge is 0.388 e.